The fourth-order valence-corrected chi connectivity index (χ4v) is 2.54. The van der Waals surface area contributed by atoms with Gasteiger partial charge in [-0.25, -0.2) is 0 Å². The highest BCUT2D eigenvalue weighted by Crippen LogP contribution is 2.29. The lowest BCUT2D eigenvalue weighted by atomic mass is 9.79. The number of carboxylic acids is 1. The number of nitrogens with one attached hydrogen (secondary N) is 3. The Labute approximate surface area is 121 Å². The van der Waals surface area contributed by atoms with Gasteiger partial charge in [-0.15, -0.1) is 0 Å². The van der Waals surface area contributed by atoms with Crippen molar-refractivity contribution in [2.75, 3.05) is 0 Å². The van der Waals surface area contributed by atoms with Crippen molar-refractivity contribution >= 4 is 17.8 Å². The second kappa shape index (κ2) is 6.38. The highest BCUT2D eigenvalue weighted by atomic mass is 16.4. The Bertz CT molecular complexity index is 554. The van der Waals surface area contributed by atoms with E-state index in [2.05, 4.69) is 21.0 Å². The number of aryl methyl sites for hydroxylation is 1. The maximum absolute atomic E-state index is 12.0. The van der Waals surface area contributed by atoms with Gasteiger partial charge in [0.25, 0.3) is 5.91 Å². The highest BCUT2D eigenvalue weighted by Gasteiger charge is 2.32. The molecule has 2 rings (SSSR count). The van der Waals surface area contributed by atoms with E-state index in [4.69, 9.17) is 0 Å². The lowest BCUT2D eigenvalue weighted by Crippen LogP contribution is -2.49. The normalized spacial score (nSPS) is 21.6. The predicted octanol–water partition coefficient (Wildman–Crippen LogP) is -0.965. The monoisotopic (exact) mass is 293 g/mol. The van der Waals surface area contributed by atoms with Gasteiger partial charge in [0, 0.05) is 23.5 Å². The van der Waals surface area contributed by atoms with Crippen LogP contribution in [0.3, 0.4) is 0 Å². The van der Waals surface area contributed by atoms with E-state index in [0.29, 0.717) is 12.8 Å². The molecular formula is C13H17N4O4-. The van der Waals surface area contributed by atoms with Crippen LogP contribution in [0.15, 0.2) is 6.07 Å². The molecule has 2 atom stereocenters. The van der Waals surface area contributed by atoms with Crippen LogP contribution < -0.4 is 16.0 Å². The minimum absolute atomic E-state index is 0.146. The van der Waals surface area contributed by atoms with Crippen LogP contribution in [0.4, 0.5) is 0 Å². The second-order valence-electron chi connectivity index (χ2n) is 5.20. The van der Waals surface area contributed by atoms with Gasteiger partial charge in [-0.1, -0.05) is 12.8 Å². The van der Waals surface area contributed by atoms with Crippen molar-refractivity contribution in [2.45, 2.75) is 32.6 Å². The number of hydrazine groups is 1. The van der Waals surface area contributed by atoms with Gasteiger partial charge in [-0.2, -0.15) is 5.10 Å². The Balaban J connectivity index is 1.91. The molecule has 0 unspecified atom stereocenters. The van der Waals surface area contributed by atoms with E-state index < -0.39 is 29.6 Å². The van der Waals surface area contributed by atoms with E-state index in [1.807, 2.05) is 0 Å². The molecule has 21 heavy (non-hydrogen) atoms. The summed E-state index contributed by atoms with van der Waals surface area (Å²) in [4.78, 5) is 34.8. The number of nitrogens with zero attached hydrogens (tertiary/aromatic N) is 1. The first-order valence-electron chi connectivity index (χ1n) is 6.82. The maximum atomic E-state index is 12.0. The summed E-state index contributed by atoms with van der Waals surface area (Å²) in [7, 11) is 0. The molecule has 3 N–H and O–H groups in total. The first-order valence-corrected chi connectivity index (χ1v) is 6.82. The Hall–Kier alpha value is -2.38. The van der Waals surface area contributed by atoms with Crippen molar-refractivity contribution in [2.24, 2.45) is 11.8 Å². The first kappa shape index (κ1) is 15.0. The molecule has 0 saturated heterocycles. The SMILES string of the molecule is Cc1cc(C(=O)NNC(=O)[C@H]2CCCC[C@@H]2C(=O)[O-])n[nH]1. The fourth-order valence-electron chi connectivity index (χ4n) is 2.54. The van der Waals surface area contributed by atoms with Crippen molar-refractivity contribution in [3.63, 3.8) is 0 Å². The van der Waals surface area contributed by atoms with Gasteiger partial charge in [-0.05, 0) is 25.8 Å². The van der Waals surface area contributed by atoms with Crippen molar-refractivity contribution < 1.29 is 19.5 Å². The van der Waals surface area contributed by atoms with E-state index in [9.17, 15) is 19.5 Å². The van der Waals surface area contributed by atoms with Gasteiger partial charge >= 0.3 is 0 Å². The zero-order chi connectivity index (χ0) is 15.4. The first-order chi connectivity index (χ1) is 9.99. The zero-order valence-electron chi connectivity index (χ0n) is 11.6. The summed E-state index contributed by atoms with van der Waals surface area (Å²) >= 11 is 0. The van der Waals surface area contributed by atoms with Gasteiger partial charge in [-0.3, -0.25) is 25.5 Å². The molecule has 114 valence electrons. The van der Waals surface area contributed by atoms with E-state index in [1.54, 1.807) is 6.92 Å². The van der Waals surface area contributed by atoms with Crippen molar-refractivity contribution in [1.82, 2.24) is 21.0 Å². The van der Waals surface area contributed by atoms with Crippen LogP contribution in [0.2, 0.25) is 0 Å². The second-order valence-corrected chi connectivity index (χ2v) is 5.20. The topological polar surface area (TPSA) is 127 Å². The molecule has 1 aliphatic carbocycles. The molecule has 8 nitrogen and oxygen atoms in total. The molecule has 2 amide bonds. The number of hydrogen-bond donors (Lipinski definition) is 3. The van der Waals surface area contributed by atoms with E-state index in [-0.39, 0.29) is 5.69 Å². The summed E-state index contributed by atoms with van der Waals surface area (Å²) in [6, 6.07) is 1.53. The van der Waals surface area contributed by atoms with E-state index in [1.165, 1.54) is 6.07 Å². The Kier molecular flexibility index (Phi) is 4.56. The Morgan fingerprint density at radius 3 is 2.48 bits per heavy atom. The molecular weight excluding hydrogens is 276 g/mol. The average Bonchev–Trinajstić information content (AvgIpc) is 2.91. The number of hydrogen-bond acceptors (Lipinski definition) is 5. The van der Waals surface area contributed by atoms with E-state index >= 15 is 0 Å². The minimum Gasteiger partial charge on any atom is -0.550 e. The minimum atomic E-state index is -1.22. The fraction of sp³-hybridized carbons (Fsp3) is 0.538. The third kappa shape index (κ3) is 3.59. The molecule has 1 heterocycles. The number of aromatic nitrogens is 2. The van der Waals surface area contributed by atoms with Gasteiger partial charge in [0.2, 0.25) is 5.91 Å². The third-order valence-electron chi connectivity index (χ3n) is 3.64. The molecule has 0 spiro atoms. The van der Waals surface area contributed by atoms with Crippen molar-refractivity contribution in [3.8, 4) is 0 Å². The van der Waals surface area contributed by atoms with Gasteiger partial charge in [0.1, 0.15) is 0 Å². The summed E-state index contributed by atoms with van der Waals surface area (Å²) in [5.41, 5.74) is 5.36. The standard InChI is InChI=1S/C13H18N4O4/c1-7-6-10(15-14-7)12(19)17-16-11(18)8-4-2-3-5-9(8)13(20)21/h6,8-9H,2-5H2,1H3,(H,14,15)(H,16,18)(H,17,19)(H,20,21)/p-1/t8-,9-/m0/s1. The largest absolute Gasteiger partial charge is 0.550 e. The number of amides is 2. The number of rotatable bonds is 3. The smallest absolute Gasteiger partial charge is 0.290 e. The van der Waals surface area contributed by atoms with Crippen LogP contribution in [0.1, 0.15) is 41.9 Å². The number of H-pyrrole nitrogens is 1. The molecule has 1 aromatic heterocycles. The molecule has 0 bridgehead atoms. The number of carboxylic acid groups (broad SMARTS) is 1. The molecule has 1 saturated carbocycles. The number of aromatic amines is 1. The van der Waals surface area contributed by atoms with Crippen LogP contribution in [-0.4, -0.2) is 28.0 Å². The summed E-state index contributed by atoms with van der Waals surface area (Å²) in [5.74, 6) is -3.77. The quantitative estimate of drug-likeness (QED) is 0.618. The number of aliphatic carboxylic acids is 1. The Morgan fingerprint density at radius 2 is 1.90 bits per heavy atom. The third-order valence-corrected chi connectivity index (χ3v) is 3.64. The summed E-state index contributed by atoms with van der Waals surface area (Å²) in [6.45, 7) is 1.74. The zero-order valence-corrected chi connectivity index (χ0v) is 11.6. The number of carbonyl (C=O) groups excluding carboxylic acids is 3. The van der Waals surface area contributed by atoms with E-state index in [0.717, 1.165) is 18.5 Å². The van der Waals surface area contributed by atoms with Crippen LogP contribution in [-0.2, 0) is 9.59 Å². The molecule has 8 heteroatoms. The van der Waals surface area contributed by atoms with Crippen LogP contribution in [0.5, 0.6) is 0 Å². The lowest BCUT2D eigenvalue weighted by Gasteiger charge is -2.30. The lowest BCUT2D eigenvalue weighted by molar-refractivity contribution is -0.314. The van der Waals surface area contributed by atoms with Gasteiger partial charge in [0.15, 0.2) is 5.69 Å². The van der Waals surface area contributed by atoms with Crippen LogP contribution in [0, 0.1) is 18.8 Å². The average molecular weight is 293 g/mol. The molecule has 1 aromatic rings. The maximum Gasteiger partial charge on any atom is 0.290 e. The van der Waals surface area contributed by atoms with Crippen molar-refractivity contribution in [3.05, 3.63) is 17.5 Å². The van der Waals surface area contributed by atoms with Crippen LogP contribution in [0.25, 0.3) is 0 Å². The van der Waals surface area contributed by atoms with Crippen molar-refractivity contribution in [1.29, 1.82) is 0 Å². The summed E-state index contributed by atoms with van der Waals surface area (Å²) in [5, 5.41) is 17.4. The summed E-state index contributed by atoms with van der Waals surface area (Å²) in [6.07, 6.45) is 2.45. The summed E-state index contributed by atoms with van der Waals surface area (Å²) < 4.78 is 0. The molecule has 1 fully saturated rings. The van der Waals surface area contributed by atoms with Gasteiger partial charge in [0.05, 0.1) is 0 Å². The molecule has 0 aliphatic heterocycles. The molecule has 1 aliphatic rings. The number of carbonyl (C=O) groups is 3. The van der Waals surface area contributed by atoms with Gasteiger partial charge < -0.3 is 9.90 Å². The van der Waals surface area contributed by atoms with Crippen LogP contribution >= 0.6 is 0 Å². The molecule has 0 radical (unpaired) electrons. The molecule has 0 aromatic carbocycles. The predicted molar refractivity (Wildman–Crippen MR) is 69.4 cm³/mol. The Morgan fingerprint density at radius 1 is 1.24 bits per heavy atom. The highest BCUT2D eigenvalue weighted by molar-refractivity contribution is 5.94.